The maximum Gasteiger partial charge on any atom is 0.0868 e. The molecule has 0 bridgehead atoms. The molecule has 1 fully saturated rings. The highest BCUT2D eigenvalue weighted by Gasteiger charge is 2.28. The van der Waals surface area contributed by atoms with Crippen molar-refractivity contribution in [2.75, 3.05) is 19.7 Å². The Balaban J connectivity index is 1.87. The van der Waals surface area contributed by atoms with Gasteiger partial charge in [-0.2, -0.15) is 5.10 Å². The third kappa shape index (κ3) is 4.02. The van der Waals surface area contributed by atoms with Crippen molar-refractivity contribution in [2.24, 2.45) is 12.9 Å². The standard InChI is InChI=1S/C14H27N5O/c1-11(2)19-6-7-20-14(10-19)13(17-15)5-4-12-8-16-18(3)9-12/h8-9,11,13-14,17H,4-7,10,15H2,1-3H3. The lowest BCUT2D eigenvalue weighted by Crippen LogP contribution is -2.55. The zero-order valence-electron chi connectivity index (χ0n) is 12.7. The molecule has 0 aliphatic carbocycles. The van der Waals surface area contributed by atoms with Crippen LogP contribution in [0.15, 0.2) is 12.4 Å². The van der Waals surface area contributed by atoms with Crippen molar-refractivity contribution < 1.29 is 4.74 Å². The number of nitrogens with one attached hydrogen (secondary N) is 1. The van der Waals surface area contributed by atoms with Crippen LogP contribution >= 0.6 is 0 Å². The van der Waals surface area contributed by atoms with E-state index < -0.39 is 0 Å². The molecule has 2 unspecified atom stereocenters. The van der Waals surface area contributed by atoms with Gasteiger partial charge < -0.3 is 4.74 Å². The van der Waals surface area contributed by atoms with Gasteiger partial charge in [0.1, 0.15) is 0 Å². The summed E-state index contributed by atoms with van der Waals surface area (Å²) in [5.74, 6) is 5.73. The van der Waals surface area contributed by atoms with E-state index in [-0.39, 0.29) is 12.1 Å². The summed E-state index contributed by atoms with van der Waals surface area (Å²) in [5, 5.41) is 4.19. The van der Waals surface area contributed by atoms with E-state index in [1.54, 1.807) is 0 Å². The predicted molar refractivity (Wildman–Crippen MR) is 79.1 cm³/mol. The first kappa shape index (κ1) is 15.4. The Hall–Kier alpha value is -0.950. The normalized spacial score (nSPS) is 22.4. The molecule has 1 aromatic heterocycles. The number of hydrogen-bond donors (Lipinski definition) is 2. The molecule has 114 valence electrons. The summed E-state index contributed by atoms with van der Waals surface area (Å²) < 4.78 is 7.73. The van der Waals surface area contributed by atoms with Crippen LogP contribution < -0.4 is 11.3 Å². The molecule has 1 aromatic rings. The number of hydrazine groups is 1. The molecule has 2 rings (SSSR count). The Morgan fingerprint density at radius 2 is 2.35 bits per heavy atom. The SMILES string of the molecule is CC(C)N1CCOC(C(CCc2cnn(C)c2)NN)C1. The van der Waals surface area contributed by atoms with Gasteiger partial charge in [-0.3, -0.25) is 20.9 Å². The zero-order chi connectivity index (χ0) is 14.5. The summed E-state index contributed by atoms with van der Waals surface area (Å²) in [6, 6.07) is 0.731. The Bertz CT molecular complexity index is 406. The highest BCUT2D eigenvalue weighted by Crippen LogP contribution is 2.15. The first-order chi connectivity index (χ1) is 9.60. The topological polar surface area (TPSA) is 68.3 Å². The van der Waals surface area contributed by atoms with Crippen molar-refractivity contribution in [3.05, 3.63) is 18.0 Å². The number of morpholine rings is 1. The first-order valence-corrected chi connectivity index (χ1v) is 7.39. The fourth-order valence-corrected chi connectivity index (χ4v) is 2.71. The summed E-state index contributed by atoms with van der Waals surface area (Å²) in [6.07, 6.45) is 6.04. The average molecular weight is 281 g/mol. The van der Waals surface area contributed by atoms with Crippen molar-refractivity contribution in [3.8, 4) is 0 Å². The summed E-state index contributed by atoms with van der Waals surface area (Å²) in [4.78, 5) is 2.45. The fourth-order valence-electron chi connectivity index (χ4n) is 2.71. The van der Waals surface area contributed by atoms with Crippen molar-refractivity contribution >= 4 is 0 Å². The van der Waals surface area contributed by atoms with Crippen LogP contribution in [-0.2, 0) is 18.2 Å². The third-order valence-corrected chi connectivity index (χ3v) is 4.02. The molecule has 0 aromatic carbocycles. The van der Waals surface area contributed by atoms with E-state index in [0.29, 0.717) is 6.04 Å². The molecule has 0 spiro atoms. The van der Waals surface area contributed by atoms with E-state index in [1.165, 1.54) is 5.56 Å². The van der Waals surface area contributed by atoms with Crippen LogP contribution in [-0.4, -0.2) is 52.6 Å². The number of hydrogen-bond acceptors (Lipinski definition) is 5. The van der Waals surface area contributed by atoms with Crippen LogP contribution in [0.25, 0.3) is 0 Å². The Morgan fingerprint density at radius 1 is 1.55 bits per heavy atom. The van der Waals surface area contributed by atoms with Crippen molar-refractivity contribution in [2.45, 2.75) is 44.9 Å². The van der Waals surface area contributed by atoms with Gasteiger partial charge in [-0.15, -0.1) is 0 Å². The maximum atomic E-state index is 5.90. The second kappa shape index (κ2) is 7.17. The Kier molecular flexibility index (Phi) is 5.54. The van der Waals surface area contributed by atoms with Gasteiger partial charge in [-0.05, 0) is 32.3 Å². The minimum absolute atomic E-state index is 0.160. The molecule has 6 heteroatoms. The molecular weight excluding hydrogens is 254 g/mol. The van der Waals surface area contributed by atoms with E-state index in [4.69, 9.17) is 10.6 Å². The maximum absolute atomic E-state index is 5.90. The molecule has 1 aliphatic heterocycles. The van der Waals surface area contributed by atoms with Gasteiger partial charge in [0.05, 0.1) is 18.9 Å². The summed E-state index contributed by atoms with van der Waals surface area (Å²) in [7, 11) is 1.94. The minimum atomic E-state index is 0.160. The van der Waals surface area contributed by atoms with Gasteiger partial charge >= 0.3 is 0 Å². The summed E-state index contributed by atoms with van der Waals surface area (Å²) in [6.45, 7) is 7.19. The van der Waals surface area contributed by atoms with Gasteiger partial charge in [-0.25, -0.2) is 0 Å². The minimum Gasteiger partial charge on any atom is -0.374 e. The summed E-state index contributed by atoms with van der Waals surface area (Å²) >= 11 is 0. The lowest BCUT2D eigenvalue weighted by molar-refractivity contribution is -0.0565. The third-order valence-electron chi connectivity index (χ3n) is 4.02. The lowest BCUT2D eigenvalue weighted by Gasteiger charge is -2.38. The van der Waals surface area contributed by atoms with Crippen LogP contribution in [0, 0.1) is 0 Å². The molecule has 1 saturated heterocycles. The number of ether oxygens (including phenoxy) is 1. The van der Waals surface area contributed by atoms with Crippen molar-refractivity contribution in [3.63, 3.8) is 0 Å². The average Bonchev–Trinajstić information content (AvgIpc) is 2.85. The van der Waals surface area contributed by atoms with Crippen LogP contribution in [0.5, 0.6) is 0 Å². The number of aromatic nitrogens is 2. The van der Waals surface area contributed by atoms with Gasteiger partial charge in [-0.1, -0.05) is 0 Å². The molecule has 1 aliphatic rings. The second-order valence-electron chi connectivity index (χ2n) is 5.83. The van der Waals surface area contributed by atoms with E-state index in [2.05, 4.69) is 35.5 Å². The largest absolute Gasteiger partial charge is 0.374 e. The summed E-state index contributed by atoms with van der Waals surface area (Å²) in [5.41, 5.74) is 4.17. The molecular formula is C14H27N5O. The zero-order valence-corrected chi connectivity index (χ0v) is 12.7. The van der Waals surface area contributed by atoms with Gasteiger partial charge in [0, 0.05) is 38.4 Å². The fraction of sp³-hybridized carbons (Fsp3) is 0.786. The second-order valence-corrected chi connectivity index (χ2v) is 5.83. The van der Waals surface area contributed by atoms with E-state index in [0.717, 1.165) is 32.5 Å². The monoisotopic (exact) mass is 281 g/mol. The van der Waals surface area contributed by atoms with Crippen LogP contribution in [0.1, 0.15) is 25.8 Å². The molecule has 6 nitrogen and oxygen atoms in total. The van der Waals surface area contributed by atoms with Crippen LogP contribution in [0.2, 0.25) is 0 Å². The Morgan fingerprint density at radius 3 is 2.95 bits per heavy atom. The van der Waals surface area contributed by atoms with E-state index in [1.807, 2.05) is 17.9 Å². The molecule has 2 heterocycles. The first-order valence-electron chi connectivity index (χ1n) is 7.39. The molecule has 0 amide bonds. The van der Waals surface area contributed by atoms with Crippen LogP contribution in [0.3, 0.4) is 0 Å². The van der Waals surface area contributed by atoms with Gasteiger partial charge in [0.25, 0.3) is 0 Å². The Labute approximate surface area is 121 Å². The molecule has 2 atom stereocenters. The molecule has 0 saturated carbocycles. The molecule has 20 heavy (non-hydrogen) atoms. The smallest absolute Gasteiger partial charge is 0.0868 e. The van der Waals surface area contributed by atoms with Gasteiger partial charge in [0.15, 0.2) is 0 Å². The molecule has 0 radical (unpaired) electrons. The highest BCUT2D eigenvalue weighted by atomic mass is 16.5. The predicted octanol–water partition coefficient (Wildman–Crippen LogP) is 0.294. The van der Waals surface area contributed by atoms with Gasteiger partial charge in [0.2, 0.25) is 0 Å². The van der Waals surface area contributed by atoms with E-state index >= 15 is 0 Å². The van der Waals surface area contributed by atoms with Crippen molar-refractivity contribution in [1.82, 2.24) is 20.1 Å². The number of nitrogens with zero attached hydrogens (tertiary/aromatic N) is 3. The quantitative estimate of drug-likeness (QED) is 0.579. The van der Waals surface area contributed by atoms with Crippen LogP contribution in [0.4, 0.5) is 0 Å². The highest BCUT2D eigenvalue weighted by molar-refractivity contribution is 5.04. The van der Waals surface area contributed by atoms with Crippen molar-refractivity contribution in [1.29, 1.82) is 0 Å². The molecule has 3 N–H and O–H groups in total. The number of aryl methyl sites for hydroxylation is 2. The van der Waals surface area contributed by atoms with E-state index in [9.17, 15) is 0 Å². The number of rotatable bonds is 6. The number of nitrogens with two attached hydrogens (primary N) is 1. The lowest BCUT2D eigenvalue weighted by atomic mass is 10.0.